The minimum Gasteiger partial charge on any atom is -0.349 e. The zero-order valence-electron chi connectivity index (χ0n) is 11.7. The Labute approximate surface area is 114 Å². The fraction of sp³-hybridized carbons (Fsp3) is 0.643. The lowest BCUT2D eigenvalue weighted by Gasteiger charge is -2.27. The lowest BCUT2D eigenvalue weighted by molar-refractivity contribution is -0.127. The van der Waals surface area contributed by atoms with Crippen LogP contribution in [-0.2, 0) is 11.3 Å². The molecule has 2 N–H and O–H groups in total. The summed E-state index contributed by atoms with van der Waals surface area (Å²) in [6.45, 7) is 5.38. The van der Waals surface area contributed by atoms with Crippen LogP contribution in [0.4, 0.5) is 0 Å². The van der Waals surface area contributed by atoms with Crippen LogP contribution in [0.5, 0.6) is 0 Å². The van der Waals surface area contributed by atoms with Gasteiger partial charge in [0.1, 0.15) is 0 Å². The van der Waals surface area contributed by atoms with E-state index in [1.807, 2.05) is 6.92 Å². The van der Waals surface area contributed by atoms with Gasteiger partial charge in [0, 0.05) is 6.20 Å². The van der Waals surface area contributed by atoms with Gasteiger partial charge in [-0.1, -0.05) is 13.3 Å². The molecule has 1 aromatic rings. The molecule has 1 atom stereocenters. The zero-order valence-corrected chi connectivity index (χ0v) is 11.7. The van der Waals surface area contributed by atoms with Crippen LogP contribution < -0.4 is 10.6 Å². The molecular weight excluding hydrogens is 240 g/mol. The van der Waals surface area contributed by atoms with Gasteiger partial charge in [-0.3, -0.25) is 14.8 Å². The topological polar surface area (TPSA) is 66.9 Å². The van der Waals surface area contributed by atoms with Gasteiger partial charge >= 0.3 is 0 Å². The van der Waals surface area contributed by atoms with E-state index < -0.39 is 0 Å². The van der Waals surface area contributed by atoms with Crippen molar-refractivity contribution >= 4 is 5.91 Å². The molecule has 1 saturated heterocycles. The molecule has 5 nitrogen and oxygen atoms in total. The molecule has 0 aromatic carbocycles. The van der Waals surface area contributed by atoms with Gasteiger partial charge in [0.15, 0.2) is 0 Å². The van der Waals surface area contributed by atoms with Crippen molar-refractivity contribution in [2.45, 2.75) is 51.6 Å². The summed E-state index contributed by atoms with van der Waals surface area (Å²) in [4.78, 5) is 20.8. The molecule has 1 aliphatic heterocycles. The molecule has 1 fully saturated rings. The molecule has 1 unspecified atom stereocenters. The third-order valence-electron chi connectivity index (χ3n) is 3.62. The van der Waals surface area contributed by atoms with Gasteiger partial charge in [-0.2, -0.15) is 0 Å². The van der Waals surface area contributed by atoms with Crippen LogP contribution >= 0.6 is 0 Å². The molecule has 19 heavy (non-hydrogen) atoms. The van der Waals surface area contributed by atoms with Gasteiger partial charge in [0.05, 0.1) is 29.7 Å². The second-order valence-electron chi connectivity index (χ2n) is 5.19. The number of hydrogen-bond acceptors (Lipinski definition) is 4. The Kier molecular flexibility index (Phi) is 4.47. The van der Waals surface area contributed by atoms with E-state index >= 15 is 0 Å². The van der Waals surface area contributed by atoms with Crippen molar-refractivity contribution in [3.63, 3.8) is 0 Å². The Hall–Kier alpha value is -1.49. The molecule has 104 valence electrons. The highest BCUT2D eigenvalue weighted by atomic mass is 16.2. The highest BCUT2D eigenvalue weighted by Crippen LogP contribution is 2.24. The molecule has 0 aliphatic carbocycles. The minimum atomic E-state index is -0.368. The average molecular weight is 262 g/mol. The third-order valence-corrected chi connectivity index (χ3v) is 3.62. The maximum absolute atomic E-state index is 12.4. The Morgan fingerprint density at radius 3 is 2.89 bits per heavy atom. The van der Waals surface area contributed by atoms with Crippen molar-refractivity contribution in [2.75, 3.05) is 6.54 Å². The van der Waals surface area contributed by atoms with Crippen LogP contribution in [0.15, 0.2) is 12.4 Å². The van der Waals surface area contributed by atoms with E-state index in [1.54, 1.807) is 12.4 Å². The number of nitrogens with one attached hydrogen (secondary N) is 2. The monoisotopic (exact) mass is 262 g/mol. The van der Waals surface area contributed by atoms with Crippen LogP contribution in [0.2, 0.25) is 0 Å². The van der Waals surface area contributed by atoms with Crippen molar-refractivity contribution < 1.29 is 4.79 Å². The molecule has 2 rings (SSSR count). The number of aryl methyl sites for hydroxylation is 1. The highest BCUT2D eigenvalue weighted by Gasteiger charge is 2.39. The van der Waals surface area contributed by atoms with Crippen LogP contribution in [-0.4, -0.2) is 28.0 Å². The van der Waals surface area contributed by atoms with E-state index in [9.17, 15) is 4.79 Å². The zero-order chi connectivity index (χ0) is 13.7. The maximum Gasteiger partial charge on any atom is 0.240 e. The third kappa shape index (κ3) is 3.29. The first-order valence-electron chi connectivity index (χ1n) is 6.97. The Balaban J connectivity index is 1.94. The van der Waals surface area contributed by atoms with Gasteiger partial charge in [-0.05, 0) is 32.7 Å². The molecule has 0 saturated carbocycles. The smallest absolute Gasteiger partial charge is 0.240 e. The summed E-state index contributed by atoms with van der Waals surface area (Å²) < 4.78 is 0. The first kappa shape index (κ1) is 13.9. The van der Waals surface area contributed by atoms with Crippen molar-refractivity contribution in [3.05, 3.63) is 23.8 Å². The number of amides is 1. The molecule has 5 heteroatoms. The van der Waals surface area contributed by atoms with Crippen LogP contribution in [0.25, 0.3) is 0 Å². The maximum atomic E-state index is 12.4. The fourth-order valence-corrected chi connectivity index (χ4v) is 2.60. The number of nitrogens with zero attached hydrogens (tertiary/aromatic N) is 2. The van der Waals surface area contributed by atoms with Crippen molar-refractivity contribution in [1.29, 1.82) is 0 Å². The number of rotatable bonds is 5. The normalized spacial score (nSPS) is 22.4. The highest BCUT2D eigenvalue weighted by molar-refractivity contribution is 5.86. The molecule has 0 spiro atoms. The van der Waals surface area contributed by atoms with Gasteiger partial charge in [0.2, 0.25) is 5.91 Å². The molecule has 0 bridgehead atoms. The van der Waals surface area contributed by atoms with E-state index in [2.05, 4.69) is 27.5 Å². The van der Waals surface area contributed by atoms with Crippen molar-refractivity contribution in [1.82, 2.24) is 20.6 Å². The molecule has 1 aromatic heterocycles. The van der Waals surface area contributed by atoms with Crippen LogP contribution in [0.1, 0.15) is 44.0 Å². The lowest BCUT2D eigenvalue weighted by Crippen LogP contribution is -2.53. The summed E-state index contributed by atoms with van der Waals surface area (Å²) in [5.41, 5.74) is 1.31. The fourth-order valence-electron chi connectivity index (χ4n) is 2.60. The predicted octanol–water partition coefficient (Wildman–Crippen LogP) is 1.32. The number of carbonyl (C=O) groups is 1. The van der Waals surface area contributed by atoms with Crippen LogP contribution in [0, 0.1) is 6.92 Å². The summed E-state index contributed by atoms with van der Waals surface area (Å²) in [7, 11) is 0. The summed E-state index contributed by atoms with van der Waals surface area (Å²) in [6, 6.07) is 0. The Bertz CT molecular complexity index is 424. The summed E-state index contributed by atoms with van der Waals surface area (Å²) >= 11 is 0. The second-order valence-corrected chi connectivity index (χ2v) is 5.19. The summed E-state index contributed by atoms with van der Waals surface area (Å²) in [5, 5.41) is 6.35. The van der Waals surface area contributed by atoms with Gasteiger partial charge in [0.25, 0.3) is 0 Å². The Morgan fingerprint density at radius 1 is 1.47 bits per heavy atom. The first-order chi connectivity index (χ1) is 9.16. The van der Waals surface area contributed by atoms with Crippen molar-refractivity contribution in [2.24, 2.45) is 0 Å². The van der Waals surface area contributed by atoms with Gasteiger partial charge in [-0.25, -0.2) is 0 Å². The van der Waals surface area contributed by atoms with E-state index in [0.717, 1.165) is 43.6 Å². The lowest BCUT2D eigenvalue weighted by atomic mass is 9.91. The average Bonchev–Trinajstić information content (AvgIpc) is 2.88. The van der Waals surface area contributed by atoms with Gasteiger partial charge < -0.3 is 10.6 Å². The van der Waals surface area contributed by atoms with Crippen LogP contribution in [0.3, 0.4) is 0 Å². The number of carbonyl (C=O) groups excluding carboxylic acids is 1. The van der Waals surface area contributed by atoms with E-state index in [0.29, 0.717) is 6.54 Å². The SMILES string of the molecule is CCCC1(C(=O)NCc2cnc(C)cn2)CCCN1. The molecule has 1 aliphatic rings. The van der Waals surface area contributed by atoms with E-state index in [-0.39, 0.29) is 11.4 Å². The standard InChI is InChI=1S/C14H22N4O/c1-3-5-14(6-4-7-18-14)13(19)17-10-12-9-15-11(2)8-16-12/h8-9,18H,3-7,10H2,1-2H3,(H,17,19). The second kappa shape index (κ2) is 6.10. The van der Waals surface area contributed by atoms with E-state index in [4.69, 9.17) is 0 Å². The summed E-state index contributed by atoms with van der Waals surface area (Å²) in [6.07, 6.45) is 7.31. The minimum absolute atomic E-state index is 0.0919. The van der Waals surface area contributed by atoms with Crippen molar-refractivity contribution in [3.8, 4) is 0 Å². The molecular formula is C14H22N4O. The molecule has 0 radical (unpaired) electrons. The van der Waals surface area contributed by atoms with E-state index in [1.165, 1.54) is 0 Å². The molecule has 1 amide bonds. The number of aromatic nitrogens is 2. The quantitative estimate of drug-likeness (QED) is 0.840. The Morgan fingerprint density at radius 2 is 2.32 bits per heavy atom. The predicted molar refractivity (Wildman–Crippen MR) is 73.5 cm³/mol. The first-order valence-corrected chi connectivity index (χ1v) is 6.97. The van der Waals surface area contributed by atoms with Gasteiger partial charge in [-0.15, -0.1) is 0 Å². The number of hydrogen-bond donors (Lipinski definition) is 2. The largest absolute Gasteiger partial charge is 0.349 e. The molecule has 2 heterocycles. The summed E-state index contributed by atoms with van der Waals surface area (Å²) in [5.74, 6) is 0.0919.